The van der Waals surface area contributed by atoms with Gasteiger partial charge in [-0.2, -0.15) is 0 Å². The predicted molar refractivity (Wildman–Crippen MR) is 182 cm³/mol. The monoisotopic (exact) mass is 737 g/mol. The quantitative estimate of drug-likeness (QED) is 0.195. The number of amides is 2. The van der Waals surface area contributed by atoms with Crippen LogP contribution in [0.3, 0.4) is 0 Å². The molecule has 1 unspecified atom stereocenters. The van der Waals surface area contributed by atoms with Crippen LogP contribution in [0.15, 0.2) is 76.1 Å². The van der Waals surface area contributed by atoms with Gasteiger partial charge in [0.15, 0.2) is 0 Å². The third-order valence-corrected chi connectivity index (χ3v) is 10.9. The lowest BCUT2D eigenvalue weighted by atomic mass is 9.95. The molecule has 0 bridgehead atoms. The average Bonchev–Trinajstić information content (AvgIpc) is 3.02. The number of benzene rings is 3. The molecule has 3 aromatic carbocycles. The number of carbonyl (C=O) groups excluding carboxylic acids is 2. The second-order valence-electron chi connectivity index (χ2n) is 10.9. The van der Waals surface area contributed by atoms with Crippen molar-refractivity contribution in [2.45, 2.75) is 75.9 Å². The molecule has 45 heavy (non-hydrogen) atoms. The van der Waals surface area contributed by atoms with Crippen molar-refractivity contribution in [3.8, 4) is 5.75 Å². The largest absolute Gasteiger partial charge is 0.494 e. The summed E-state index contributed by atoms with van der Waals surface area (Å²) in [6, 6.07) is 16.9. The number of anilines is 1. The van der Waals surface area contributed by atoms with E-state index in [4.69, 9.17) is 27.9 Å². The highest BCUT2D eigenvalue weighted by Crippen LogP contribution is 2.30. The minimum atomic E-state index is -4.22. The maximum absolute atomic E-state index is 14.4. The standard InChI is InChI=1S/C33H38BrCl2N3O5S/c1-3-31(33(41)37-24-9-6-5-7-10-24)38(21-28-29(35)11-8-12-30(28)36)32(40)22-39(25-15-17-26(18-16-25)44-4-2)45(42,43)27-19-13-23(34)14-20-27/h8,11-20,24,31H,3-7,9-10,21-22H2,1-2H3,(H,37,41). The second kappa shape index (κ2) is 16.2. The molecule has 242 valence electrons. The van der Waals surface area contributed by atoms with Gasteiger partial charge in [0.05, 0.1) is 17.2 Å². The Hall–Kier alpha value is -2.79. The summed E-state index contributed by atoms with van der Waals surface area (Å²) in [7, 11) is -4.22. The van der Waals surface area contributed by atoms with Gasteiger partial charge in [-0.1, -0.05) is 71.4 Å². The number of halogens is 3. The molecule has 8 nitrogen and oxygen atoms in total. The number of sulfonamides is 1. The summed E-state index contributed by atoms with van der Waals surface area (Å²) in [4.78, 5) is 29.5. The Morgan fingerprint density at radius 3 is 2.16 bits per heavy atom. The molecule has 0 spiro atoms. The van der Waals surface area contributed by atoms with Crippen LogP contribution in [0.1, 0.15) is 57.9 Å². The number of rotatable bonds is 13. The average molecular weight is 740 g/mol. The number of carbonyl (C=O) groups is 2. The molecule has 0 radical (unpaired) electrons. The summed E-state index contributed by atoms with van der Waals surface area (Å²) in [5, 5.41) is 3.82. The molecular weight excluding hydrogens is 701 g/mol. The summed E-state index contributed by atoms with van der Waals surface area (Å²) in [6.45, 7) is 3.47. The molecular formula is C33H38BrCl2N3O5S. The van der Waals surface area contributed by atoms with Gasteiger partial charge in [-0.3, -0.25) is 13.9 Å². The molecule has 1 N–H and O–H groups in total. The Balaban J connectivity index is 1.74. The van der Waals surface area contributed by atoms with E-state index in [1.807, 2.05) is 13.8 Å². The van der Waals surface area contributed by atoms with Crippen LogP contribution in [0.2, 0.25) is 10.0 Å². The van der Waals surface area contributed by atoms with Crippen molar-refractivity contribution < 1.29 is 22.7 Å². The first-order valence-electron chi connectivity index (χ1n) is 15.1. The zero-order valence-electron chi connectivity index (χ0n) is 25.3. The number of hydrogen-bond donors (Lipinski definition) is 1. The number of nitrogens with zero attached hydrogens (tertiary/aromatic N) is 2. The summed E-state index contributed by atoms with van der Waals surface area (Å²) >= 11 is 16.4. The van der Waals surface area contributed by atoms with Crippen molar-refractivity contribution in [1.82, 2.24) is 10.2 Å². The van der Waals surface area contributed by atoms with Crippen molar-refractivity contribution in [3.63, 3.8) is 0 Å². The molecule has 4 rings (SSSR count). The van der Waals surface area contributed by atoms with E-state index in [0.29, 0.717) is 38.9 Å². The van der Waals surface area contributed by atoms with Crippen LogP contribution in [0.4, 0.5) is 5.69 Å². The van der Waals surface area contributed by atoms with Crippen molar-refractivity contribution >= 4 is 66.7 Å². The summed E-state index contributed by atoms with van der Waals surface area (Å²) in [5.41, 5.74) is 0.742. The molecule has 3 aromatic rings. The topological polar surface area (TPSA) is 96.0 Å². The minimum Gasteiger partial charge on any atom is -0.494 e. The van der Waals surface area contributed by atoms with Crippen LogP contribution in [0.5, 0.6) is 5.75 Å². The van der Waals surface area contributed by atoms with E-state index in [9.17, 15) is 18.0 Å². The Morgan fingerprint density at radius 1 is 0.956 bits per heavy atom. The maximum atomic E-state index is 14.4. The fourth-order valence-electron chi connectivity index (χ4n) is 5.46. The van der Waals surface area contributed by atoms with Crippen molar-refractivity contribution in [1.29, 1.82) is 0 Å². The van der Waals surface area contributed by atoms with Gasteiger partial charge in [-0.05, 0) is 86.8 Å². The molecule has 0 aromatic heterocycles. The highest BCUT2D eigenvalue weighted by Gasteiger charge is 2.35. The highest BCUT2D eigenvalue weighted by molar-refractivity contribution is 9.10. The van der Waals surface area contributed by atoms with E-state index in [2.05, 4.69) is 21.2 Å². The third kappa shape index (κ3) is 8.93. The summed E-state index contributed by atoms with van der Waals surface area (Å²) in [6.07, 6.45) is 5.25. The van der Waals surface area contributed by atoms with Crippen LogP contribution < -0.4 is 14.4 Å². The Bertz CT molecular complexity index is 1550. The van der Waals surface area contributed by atoms with Gasteiger partial charge in [-0.25, -0.2) is 8.42 Å². The molecule has 1 saturated carbocycles. The first-order valence-corrected chi connectivity index (χ1v) is 18.1. The Labute approximate surface area is 284 Å². The molecule has 0 aliphatic heterocycles. The lowest BCUT2D eigenvalue weighted by Crippen LogP contribution is -2.54. The maximum Gasteiger partial charge on any atom is 0.264 e. The van der Waals surface area contributed by atoms with Crippen molar-refractivity contribution in [3.05, 3.63) is 86.8 Å². The van der Waals surface area contributed by atoms with Crippen molar-refractivity contribution in [2.24, 2.45) is 0 Å². The number of nitrogens with one attached hydrogen (secondary N) is 1. The second-order valence-corrected chi connectivity index (χ2v) is 14.5. The van der Waals surface area contributed by atoms with Gasteiger partial charge in [0.2, 0.25) is 11.8 Å². The van der Waals surface area contributed by atoms with E-state index in [-0.39, 0.29) is 29.1 Å². The fraction of sp³-hybridized carbons (Fsp3) is 0.394. The minimum absolute atomic E-state index is 0.00941. The first kappa shape index (κ1) is 35.1. The highest BCUT2D eigenvalue weighted by atomic mass is 79.9. The molecule has 1 fully saturated rings. The lowest BCUT2D eigenvalue weighted by Gasteiger charge is -2.34. The van der Waals surface area contributed by atoms with Crippen LogP contribution in [-0.4, -0.2) is 50.4 Å². The predicted octanol–water partition coefficient (Wildman–Crippen LogP) is 7.61. The zero-order valence-corrected chi connectivity index (χ0v) is 29.3. The van der Waals surface area contributed by atoms with Gasteiger partial charge in [0.1, 0.15) is 18.3 Å². The lowest BCUT2D eigenvalue weighted by molar-refractivity contribution is -0.140. The Morgan fingerprint density at radius 2 is 1.58 bits per heavy atom. The van der Waals surface area contributed by atoms with Crippen LogP contribution >= 0.6 is 39.1 Å². The molecule has 12 heteroatoms. The zero-order chi connectivity index (χ0) is 32.6. The first-order chi connectivity index (χ1) is 21.5. The van der Waals surface area contributed by atoms with E-state index in [1.165, 1.54) is 17.0 Å². The van der Waals surface area contributed by atoms with E-state index >= 15 is 0 Å². The van der Waals surface area contributed by atoms with E-state index in [0.717, 1.165) is 36.4 Å². The summed E-state index contributed by atoms with van der Waals surface area (Å²) < 4.78 is 35.5. The molecule has 0 heterocycles. The SMILES string of the molecule is CCOc1ccc(N(CC(=O)N(Cc2c(Cl)cccc2Cl)C(CC)C(=O)NC2CCCCC2)S(=O)(=O)c2ccc(Br)cc2)cc1. The fourth-order valence-corrected chi connectivity index (χ4v) is 7.65. The van der Waals surface area contributed by atoms with Crippen LogP contribution in [0, 0.1) is 0 Å². The van der Waals surface area contributed by atoms with Gasteiger partial charge in [-0.15, -0.1) is 0 Å². The third-order valence-electron chi connectivity index (χ3n) is 7.84. The van der Waals surface area contributed by atoms with Crippen molar-refractivity contribution in [2.75, 3.05) is 17.5 Å². The van der Waals surface area contributed by atoms with E-state index < -0.39 is 28.5 Å². The van der Waals surface area contributed by atoms with Gasteiger partial charge in [0, 0.05) is 32.7 Å². The van der Waals surface area contributed by atoms with Gasteiger partial charge in [0.25, 0.3) is 10.0 Å². The molecule has 2 amide bonds. The number of hydrogen-bond acceptors (Lipinski definition) is 5. The van der Waals surface area contributed by atoms with Crippen LogP contribution in [-0.2, 0) is 26.2 Å². The van der Waals surface area contributed by atoms with Crippen LogP contribution in [0.25, 0.3) is 0 Å². The number of ether oxygens (including phenoxy) is 1. The molecule has 1 atom stereocenters. The molecule has 1 aliphatic rings. The van der Waals surface area contributed by atoms with E-state index in [1.54, 1.807) is 54.6 Å². The van der Waals surface area contributed by atoms with Gasteiger partial charge < -0.3 is 15.0 Å². The Kier molecular flexibility index (Phi) is 12.6. The summed E-state index contributed by atoms with van der Waals surface area (Å²) in [5.74, 6) is -0.301. The normalized spacial score (nSPS) is 14.4. The molecule has 0 saturated heterocycles. The molecule has 1 aliphatic carbocycles. The smallest absolute Gasteiger partial charge is 0.264 e. The van der Waals surface area contributed by atoms with Gasteiger partial charge >= 0.3 is 0 Å².